The highest BCUT2D eigenvalue weighted by atomic mass is 32.1. The van der Waals surface area contributed by atoms with Gasteiger partial charge in [-0.15, -0.1) is 11.3 Å². The summed E-state index contributed by atoms with van der Waals surface area (Å²) in [5.41, 5.74) is 0. The standard InChI is InChI=1S/C12H16N2O2S/c1-2-4-9(10-5-3-6-17-10)14-7-11(15)13-12(16)8-14/h3,5-6,9H,2,4,7-8H2,1H3,(H,13,15,16). The van der Waals surface area contributed by atoms with Gasteiger partial charge in [0.15, 0.2) is 0 Å². The van der Waals surface area contributed by atoms with Crippen LogP contribution in [0.4, 0.5) is 0 Å². The highest BCUT2D eigenvalue weighted by Gasteiger charge is 2.29. The number of nitrogens with one attached hydrogen (secondary N) is 1. The van der Waals surface area contributed by atoms with Crippen molar-refractivity contribution in [1.82, 2.24) is 10.2 Å². The second-order valence-corrected chi connectivity index (χ2v) is 5.18. The van der Waals surface area contributed by atoms with Crippen LogP contribution in [0.1, 0.15) is 30.7 Å². The van der Waals surface area contributed by atoms with Crippen LogP contribution >= 0.6 is 11.3 Å². The first-order chi connectivity index (χ1) is 8.20. The maximum absolute atomic E-state index is 11.4. The molecule has 1 unspecified atom stereocenters. The zero-order valence-corrected chi connectivity index (χ0v) is 10.6. The van der Waals surface area contributed by atoms with Gasteiger partial charge < -0.3 is 0 Å². The third-order valence-corrected chi connectivity index (χ3v) is 3.82. The van der Waals surface area contributed by atoms with Gasteiger partial charge in [0.25, 0.3) is 0 Å². The Kier molecular flexibility index (Phi) is 3.91. The number of hydrogen-bond acceptors (Lipinski definition) is 4. The average Bonchev–Trinajstić information content (AvgIpc) is 2.77. The van der Waals surface area contributed by atoms with Crippen molar-refractivity contribution < 1.29 is 9.59 Å². The van der Waals surface area contributed by atoms with Crippen LogP contribution < -0.4 is 5.32 Å². The molecule has 0 aromatic carbocycles. The molecule has 1 aliphatic heterocycles. The first kappa shape index (κ1) is 12.3. The number of amides is 2. The summed E-state index contributed by atoms with van der Waals surface area (Å²) in [6.07, 6.45) is 2.01. The molecule has 4 nitrogen and oxygen atoms in total. The number of thiophene rings is 1. The Hall–Kier alpha value is -1.20. The SMILES string of the molecule is CCCC(c1cccs1)N1CC(=O)NC(=O)C1. The molecule has 1 atom stereocenters. The van der Waals surface area contributed by atoms with Gasteiger partial charge >= 0.3 is 0 Å². The van der Waals surface area contributed by atoms with Crippen LogP contribution in [0.25, 0.3) is 0 Å². The predicted molar refractivity (Wildman–Crippen MR) is 66.7 cm³/mol. The summed E-state index contributed by atoms with van der Waals surface area (Å²) in [4.78, 5) is 26.0. The summed E-state index contributed by atoms with van der Waals surface area (Å²) in [5.74, 6) is -0.391. The fraction of sp³-hybridized carbons (Fsp3) is 0.500. The predicted octanol–water partition coefficient (Wildman–Crippen LogP) is 1.55. The van der Waals surface area contributed by atoms with Crippen molar-refractivity contribution in [3.63, 3.8) is 0 Å². The van der Waals surface area contributed by atoms with Gasteiger partial charge in [-0.3, -0.25) is 19.8 Å². The lowest BCUT2D eigenvalue weighted by atomic mass is 10.1. The van der Waals surface area contributed by atoms with Crippen LogP contribution in [0.5, 0.6) is 0 Å². The zero-order valence-electron chi connectivity index (χ0n) is 9.81. The minimum atomic E-state index is -0.195. The first-order valence-corrected chi connectivity index (χ1v) is 6.68. The molecule has 2 amide bonds. The van der Waals surface area contributed by atoms with Crippen LogP contribution in [-0.2, 0) is 9.59 Å². The largest absolute Gasteiger partial charge is 0.294 e. The van der Waals surface area contributed by atoms with Gasteiger partial charge in [0.1, 0.15) is 0 Å². The molecule has 1 fully saturated rings. The summed E-state index contributed by atoms with van der Waals surface area (Å²) in [5, 5.41) is 4.37. The van der Waals surface area contributed by atoms with Gasteiger partial charge in [-0.2, -0.15) is 0 Å². The van der Waals surface area contributed by atoms with E-state index < -0.39 is 0 Å². The molecule has 0 spiro atoms. The zero-order chi connectivity index (χ0) is 12.3. The number of imide groups is 1. The molecule has 5 heteroatoms. The summed E-state index contributed by atoms with van der Waals surface area (Å²) in [7, 11) is 0. The number of nitrogens with zero attached hydrogens (tertiary/aromatic N) is 1. The molecule has 17 heavy (non-hydrogen) atoms. The van der Waals surface area contributed by atoms with Crippen molar-refractivity contribution in [2.45, 2.75) is 25.8 Å². The number of carbonyl (C=O) groups excluding carboxylic acids is 2. The number of piperazine rings is 1. The van der Waals surface area contributed by atoms with E-state index in [1.807, 2.05) is 16.3 Å². The minimum Gasteiger partial charge on any atom is -0.294 e. The molecule has 1 saturated heterocycles. The Morgan fingerprint density at radius 1 is 1.41 bits per heavy atom. The van der Waals surface area contributed by atoms with E-state index in [0.29, 0.717) is 13.1 Å². The van der Waals surface area contributed by atoms with Gasteiger partial charge in [-0.05, 0) is 17.9 Å². The van der Waals surface area contributed by atoms with Crippen LogP contribution in [0.15, 0.2) is 17.5 Å². The highest BCUT2D eigenvalue weighted by molar-refractivity contribution is 7.10. The minimum absolute atomic E-state index is 0.190. The Morgan fingerprint density at radius 2 is 2.12 bits per heavy atom. The quantitative estimate of drug-likeness (QED) is 0.827. The van der Waals surface area contributed by atoms with E-state index in [4.69, 9.17) is 0 Å². The Labute approximate surface area is 105 Å². The van der Waals surface area contributed by atoms with Gasteiger partial charge in [0, 0.05) is 10.9 Å². The second kappa shape index (κ2) is 5.42. The van der Waals surface area contributed by atoms with E-state index >= 15 is 0 Å². The Bertz CT molecular complexity index is 387. The van der Waals surface area contributed by atoms with E-state index in [1.165, 1.54) is 4.88 Å². The van der Waals surface area contributed by atoms with Crippen molar-refractivity contribution in [2.75, 3.05) is 13.1 Å². The molecular formula is C12H16N2O2S. The lowest BCUT2D eigenvalue weighted by Gasteiger charge is -2.32. The molecule has 1 aliphatic rings. The molecule has 92 valence electrons. The molecular weight excluding hydrogens is 236 g/mol. The van der Waals surface area contributed by atoms with Crippen LogP contribution in [-0.4, -0.2) is 29.8 Å². The van der Waals surface area contributed by atoms with E-state index in [0.717, 1.165) is 12.8 Å². The molecule has 0 aliphatic carbocycles. The molecule has 0 saturated carbocycles. The van der Waals surface area contributed by atoms with Crippen molar-refractivity contribution >= 4 is 23.2 Å². The van der Waals surface area contributed by atoms with Crippen molar-refractivity contribution in [1.29, 1.82) is 0 Å². The summed E-state index contributed by atoms with van der Waals surface area (Å²) < 4.78 is 0. The lowest BCUT2D eigenvalue weighted by Crippen LogP contribution is -2.52. The van der Waals surface area contributed by atoms with Crippen LogP contribution in [0.2, 0.25) is 0 Å². The molecule has 1 aromatic heterocycles. The fourth-order valence-corrected chi connectivity index (χ4v) is 3.03. The normalized spacial score (nSPS) is 19.1. The van der Waals surface area contributed by atoms with Gasteiger partial charge in [-0.1, -0.05) is 19.4 Å². The van der Waals surface area contributed by atoms with Gasteiger partial charge in [0.2, 0.25) is 11.8 Å². The van der Waals surface area contributed by atoms with Crippen LogP contribution in [0, 0.1) is 0 Å². The molecule has 0 bridgehead atoms. The monoisotopic (exact) mass is 252 g/mol. The fourth-order valence-electron chi connectivity index (χ4n) is 2.14. The third kappa shape index (κ3) is 2.92. The number of carbonyl (C=O) groups is 2. The highest BCUT2D eigenvalue weighted by Crippen LogP contribution is 2.29. The molecule has 2 heterocycles. The Balaban J connectivity index is 2.15. The molecule has 2 rings (SSSR count). The molecule has 0 radical (unpaired) electrons. The van der Waals surface area contributed by atoms with Gasteiger partial charge in [-0.25, -0.2) is 0 Å². The summed E-state index contributed by atoms with van der Waals surface area (Å²) >= 11 is 1.68. The number of hydrogen-bond donors (Lipinski definition) is 1. The third-order valence-electron chi connectivity index (χ3n) is 2.85. The molecule has 1 aromatic rings. The topological polar surface area (TPSA) is 49.4 Å². The van der Waals surface area contributed by atoms with Crippen molar-refractivity contribution in [3.05, 3.63) is 22.4 Å². The first-order valence-electron chi connectivity index (χ1n) is 5.81. The van der Waals surface area contributed by atoms with E-state index in [2.05, 4.69) is 18.3 Å². The lowest BCUT2D eigenvalue weighted by molar-refractivity contribution is -0.137. The van der Waals surface area contributed by atoms with E-state index in [9.17, 15) is 9.59 Å². The maximum Gasteiger partial charge on any atom is 0.240 e. The van der Waals surface area contributed by atoms with Gasteiger partial charge in [0.05, 0.1) is 13.1 Å². The molecule has 1 N–H and O–H groups in total. The van der Waals surface area contributed by atoms with E-state index in [-0.39, 0.29) is 17.9 Å². The summed E-state index contributed by atoms with van der Waals surface area (Å²) in [6.45, 7) is 2.75. The second-order valence-electron chi connectivity index (χ2n) is 4.20. The number of rotatable bonds is 4. The Morgan fingerprint density at radius 3 is 2.65 bits per heavy atom. The summed E-state index contributed by atoms with van der Waals surface area (Å²) in [6, 6.07) is 4.27. The smallest absolute Gasteiger partial charge is 0.240 e. The van der Waals surface area contributed by atoms with Crippen LogP contribution in [0.3, 0.4) is 0 Å². The van der Waals surface area contributed by atoms with Crippen molar-refractivity contribution in [2.24, 2.45) is 0 Å². The maximum atomic E-state index is 11.4. The van der Waals surface area contributed by atoms with Crippen molar-refractivity contribution in [3.8, 4) is 0 Å². The average molecular weight is 252 g/mol. The van der Waals surface area contributed by atoms with E-state index in [1.54, 1.807) is 11.3 Å².